The van der Waals surface area contributed by atoms with Crippen LogP contribution in [-0.2, 0) is 14.8 Å². The number of amides is 1. The molecular formula is C18H20IN3O3S. The molecule has 0 atom stereocenters. The maximum Gasteiger partial charge on any atom is 0.260 e. The van der Waals surface area contributed by atoms with E-state index in [0.717, 1.165) is 25.3 Å². The molecule has 138 valence electrons. The van der Waals surface area contributed by atoms with E-state index in [1.165, 1.54) is 0 Å². The minimum absolute atomic E-state index is 0.342. The van der Waals surface area contributed by atoms with Crippen molar-refractivity contribution < 1.29 is 13.2 Å². The Morgan fingerprint density at radius 3 is 2.50 bits per heavy atom. The molecule has 0 bridgehead atoms. The number of carbonyl (C=O) groups is 1. The monoisotopic (exact) mass is 485 g/mol. The lowest BCUT2D eigenvalue weighted by Crippen LogP contribution is -2.39. The quantitative estimate of drug-likeness (QED) is 0.389. The molecule has 6 nitrogen and oxygen atoms in total. The number of anilines is 1. The first-order valence-electron chi connectivity index (χ1n) is 7.80. The van der Waals surface area contributed by atoms with Gasteiger partial charge in [0, 0.05) is 3.57 Å². The predicted molar refractivity (Wildman–Crippen MR) is 113 cm³/mol. The molecule has 0 aliphatic carbocycles. The minimum atomic E-state index is -3.60. The zero-order chi connectivity index (χ0) is 19.3. The van der Waals surface area contributed by atoms with E-state index in [-0.39, 0.29) is 6.54 Å². The van der Waals surface area contributed by atoms with Crippen LogP contribution in [0.1, 0.15) is 18.1 Å². The van der Waals surface area contributed by atoms with E-state index in [2.05, 4.69) is 33.1 Å². The Balaban J connectivity index is 2.14. The SMILES string of the molecule is C/C(=N/NC(=O)CN(c1cccc(C)c1)S(C)(=O)=O)c1cccc(I)c1. The third-order valence-electron chi connectivity index (χ3n) is 3.57. The molecule has 8 heteroatoms. The lowest BCUT2D eigenvalue weighted by Gasteiger charge is -2.21. The molecule has 0 aromatic heterocycles. The van der Waals surface area contributed by atoms with Crippen molar-refractivity contribution in [3.8, 4) is 0 Å². The zero-order valence-electron chi connectivity index (χ0n) is 14.7. The number of hydrazone groups is 1. The lowest BCUT2D eigenvalue weighted by atomic mass is 10.1. The second kappa shape index (κ2) is 8.63. The average Bonchev–Trinajstić information content (AvgIpc) is 2.56. The molecule has 2 aromatic rings. The highest BCUT2D eigenvalue weighted by molar-refractivity contribution is 14.1. The van der Waals surface area contributed by atoms with Crippen LogP contribution in [0.5, 0.6) is 0 Å². The summed E-state index contributed by atoms with van der Waals surface area (Å²) in [7, 11) is -3.60. The number of carbonyl (C=O) groups excluding carboxylic acids is 1. The van der Waals surface area contributed by atoms with Crippen molar-refractivity contribution in [3.63, 3.8) is 0 Å². The summed E-state index contributed by atoms with van der Waals surface area (Å²) in [5, 5.41) is 4.07. The number of nitrogens with zero attached hydrogens (tertiary/aromatic N) is 2. The van der Waals surface area contributed by atoms with Gasteiger partial charge in [-0.25, -0.2) is 13.8 Å². The van der Waals surface area contributed by atoms with Gasteiger partial charge in [-0.2, -0.15) is 5.10 Å². The number of hydrogen-bond acceptors (Lipinski definition) is 4. The van der Waals surface area contributed by atoms with Crippen molar-refractivity contribution in [1.82, 2.24) is 5.43 Å². The molecule has 0 aliphatic rings. The molecule has 0 saturated carbocycles. The number of aryl methyl sites for hydroxylation is 1. The molecular weight excluding hydrogens is 465 g/mol. The van der Waals surface area contributed by atoms with Gasteiger partial charge in [0.2, 0.25) is 10.0 Å². The van der Waals surface area contributed by atoms with Crippen LogP contribution in [0.3, 0.4) is 0 Å². The Morgan fingerprint density at radius 1 is 1.19 bits per heavy atom. The highest BCUT2D eigenvalue weighted by atomic mass is 127. The molecule has 0 radical (unpaired) electrons. The van der Waals surface area contributed by atoms with E-state index in [1.807, 2.05) is 37.3 Å². The van der Waals surface area contributed by atoms with E-state index in [1.54, 1.807) is 25.1 Å². The van der Waals surface area contributed by atoms with Gasteiger partial charge in [-0.1, -0.05) is 24.3 Å². The predicted octanol–water partition coefficient (Wildman–Crippen LogP) is 2.91. The van der Waals surface area contributed by atoms with Gasteiger partial charge in [0.15, 0.2) is 0 Å². The van der Waals surface area contributed by atoms with Crippen LogP contribution in [0.4, 0.5) is 5.69 Å². The Bertz CT molecular complexity index is 942. The van der Waals surface area contributed by atoms with Crippen LogP contribution in [0.15, 0.2) is 53.6 Å². The molecule has 2 aromatic carbocycles. The number of sulfonamides is 1. The molecule has 1 N–H and O–H groups in total. The fourth-order valence-corrected chi connectivity index (χ4v) is 3.66. The van der Waals surface area contributed by atoms with E-state index in [4.69, 9.17) is 0 Å². The maximum absolute atomic E-state index is 12.2. The van der Waals surface area contributed by atoms with Crippen LogP contribution >= 0.6 is 22.6 Å². The number of halogens is 1. The third-order valence-corrected chi connectivity index (χ3v) is 5.38. The van der Waals surface area contributed by atoms with Crippen LogP contribution in [0.25, 0.3) is 0 Å². The topological polar surface area (TPSA) is 78.8 Å². The molecule has 2 rings (SSSR count). The van der Waals surface area contributed by atoms with Gasteiger partial charge in [-0.15, -0.1) is 0 Å². The van der Waals surface area contributed by atoms with Gasteiger partial charge in [-0.3, -0.25) is 9.10 Å². The number of benzene rings is 2. The summed E-state index contributed by atoms with van der Waals surface area (Å²) in [6.45, 7) is 3.30. The summed E-state index contributed by atoms with van der Waals surface area (Å²) in [6, 6.07) is 14.7. The molecule has 0 spiro atoms. The third kappa shape index (κ3) is 5.80. The summed E-state index contributed by atoms with van der Waals surface area (Å²) >= 11 is 2.20. The van der Waals surface area contributed by atoms with E-state index in [0.29, 0.717) is 11.4 Å². The normalized spacial score (nSPS) is 11.9. The largest absolute Gasteiger partial charge is 0.271 e. The number of hydrogen-bond donors (Lipinski definition) is 1. The van der Waals surface area contributed by atoms with Crippen LogP contribution in [0.2, 0.25) is 0 Å². The van der Waals surface area contributed by atoms with Gasteiger partial charge in [0.05, 0.1) is 17.7 Å². The smallest absolute Gasteiger partial charge is 0.260 e. The number of nitrogens with one attached hydrogen (secondary N) is 1. The molecule has 0 saturated heterocycles. The van der Waals surface area contributed by atoms with E-state index in [9.17, 15) is 13.2 Å². The van der Waals surface area contributed by atoms with Crippen LogP contribution < -0.4 is 9.73 Å². The summed E-state index contributed by atoms with van der Waals surface area (Å²) in [6.07, 6.45) is 1.07. The van der Waals surface area contributed by atoms with Crippen molar-refractivity contribution in [2.45, 2.75) is 13.8 Å². The minimum Gasteiger partial charge on any atom is -0.271 e. The van der Waals surface area contributed by atoms with Gasteiger partial charge < -0.3 is 0 Å². The Kier molecular flexibility index (Phi) is 6.76. The molecule has 26 heavy (non-hydrogen) atoms. The highest BCUT2D eigenvalue weighted by Gasteiger charge is 2.20. The Morgan fingerprint density at radius 2 is 1.88 bits per heavy atom. The van der Waals surface area contributed by atoms with Crippen molar-refractivity contribution in [3.05, 3.63) is 63.2 Å². The first-order chi connectivity index (χ1) is 12.2. The Labute approximate surface area is 167 Å². The first kappa shape index (κ1) is 20.4. The van der Waals surface area contributed by atoms with Crippen molar-refractivity contribution in [2.75, 3.05) is 17.1 Å². The molecule has 1 amide bonds. The maximum atomic E-state index is 12.2. The fourth-order valence-electron chi connectivity index (χ4n) is 2.27. The molecule has 0 unspecified atom stereocenters. The zero-order valence-corrected chi connectivity index (χ0v) is 17.7. The Hall–Kier alpha value is -1.94. The van der Waals surface area contributed by atoms with Crippen molar-refractivity contribution in [1.29, 1.82) is 0 Å². The van der Waals surface area contributed by atoms with Crippen molar-refractivity contribution in [2.24, 2.45) is 5.10 Å². The second-order valence-corrected chi connectivity index (χ2v) is 9.00. The summed E-state index contributed by atoms with van der Waals surface area (Å²) in [4.78, 5) is 12.2. The molecule has 0 heterocycles. The second-order valence-electron chi connectivity index (χ2n) is 5.85. The van der Waals surface area contributed by atoms with E-state index < -0.39 is 15.9 Å². The molecule has 0 fully saturated rings. The summed E-state index contributed by atoms with van der Waals surface area (Å²) in [5.41, 5.74) is 5.30. The average molecular weight is 485 g/mol. The highest BCUT2D eigenvalue weighted by Crippen LogP contribution is 2.18. The van der Waals surface area contributed by atoms with Gasteiger partial charge in [-0.05, 0) is 71.8 Å². The van der Waals surface area contributed by atoms with Crippen LogP contribution in [-0.4, -0.2) is 32.8 Å². The fraction of sp³-hybridized carbons (Fsp3) is 0.222. The van der Waals surface area contributed by atoms with Crippen molar-refractivity contribution >= 4 is 49.9 Å². The number of rotatable bonds is 6. The van der Waals surface area contributed by atoms with Gasteiger partial charge >= 0.3 is 0 Å². The first-order valence-corrected chi connectivity index (χ1v) is 10.7. The standard InChI is InChI=1S/C18H20IN3O3S/c1-13-6-4-9-17(10-13)22(26(3,24)25)12-18(23)21-20-14(2)15-7-5-8-16(19)11-15/h4-11H,12H2,1-3H3,(H,21,23)/b20-14-. The molecule has 0 aliphatic heterocycles. The lowest BCUT2D eigenvalue weighted by molar-refractivity contribution is -0.119. The summed E-state index contributed by atoms with van der Waals surface area (Å²) < 4.78 is 26.3. The van der Waals surface area contributed by atoms with Gasteiger partial charge in [0.1, 0.15) is 6.54 Å². The van der Waals surface area contributed by atoms with Gasteiger partial charge in [0.25, 0.3) is 5.91 Å². The summed E-state index contributed by atoms with van der Waals surface area (Å²) in [5.74, 6) is -0.512. The van der Waals surface area contributed by atoms with E-state index >= 15 is 0 Å². The van der Waals surface area contributed by atoms with Crippen LogP contribution in [0, 0.1) is 10.5 Å².